The predicted octanol–water partition coefficient (Wildman–Crippen LogP) is 4.07. The van der Waals surface area contributed by atoms with Gasteiger partial charge in [-0.15, -0.1) is 0 Å². The Hall–Kier alpha value is -2.14. The SMILES string of the molecule is O=S(=O)([O-])c1ccc(OCCCCCCCCCCOc2ccc(S(=O)(=O)[O-])cc2)cc1. The summed E-state index contributed by atoms with van der Waals surface area (Å²) in [6, 6.07) is 10.9. The molecule has 10 heteroatoms. The molecular weight excluding hydrogens is 456 g/mol. The molecule has 0 spiro atoms. The van der Waals surface area contributed by atoms with Crippen molar-refractivity contribution in [1.29, 1.82) is 0 Å². The van der Waals surface area contributed by atoms with Crippen molar-refractivity contribution in [3.63, 3.8) is 0 Å². The molecular formula is C22H28O8S2-2. The van der Waals surface area contributed by atoms with E-state index in [4.69, 9.17) is 9.47 Å². The van der Waals surface area contributed by atoms with Crippen LogP contribution in [0.25, 0.3) is 0 Å². The smallest absolute Gasteiger partial charge is 0.124 e. The molecule has 0 radical (unpaired) electrons. The molecule has 0 unspecified atom stereocenters. The summed E-state index contributed by atoms with van der Waals surface area (Å²) in [5.41, 5.74) is 0. The zero-order chi connectivity index (χ0) is 23.5. The number of rotatable bonds is 15. The van der Waals surface area contributed by atoms with Gasteiger partial charge < -0.3 is 18.6 Å². The quantitative estimate of drug-likeness (QED) is 0.273. The highest BCUT2D eigenvalue weighted by molar-refractivity contribution is 7.86. The summed E-state index contributed by atoms with van der Waals surface area (Å²) in [5.74, 6) is 1.09. The summed E-state index contributed by atoms with van der Waals surface area (Å²) >= 11 is 0. The van der Waals surface area contributed by atoms with Gasteiger partial charge in [-0.25, -0.2) is 16.8 Å². The van der Waals surface area contributed by atoms with Gasteiger partial charge in [0.15, 0.2) is 0 Å². The van der Waals surface area contributed by atoms with Crippen LogP contribution in [-0.4, -0.2) is 39.2 Å². The topological polar surface area (TPSA) is 133 Å². The van der Waals surface area contributed by atoms with Crippen LogP contribution >= 0.6 is 0 Å². The number of hydrogen-bond donors (Lipinski definition) is 0. The minimum Gasteiger partial charge on any atom is -0.744 e. The largest absolute Gasteiger partial charge is 0.744 e. The second-order valence-corrected chi connectivity index (χ2v) is 10.1. The number of unbranched alkanes of at least 4 members (excludes halogenated alkanes) is 7. The van der Waals surface area contributed by atoms with Crippen LogP contribution in [0.5, 0.6) is 11.5 Å². The summed E-state index contributed by atoms with van der Waals surface area (Å²) in [6.07, 6.45) is 8.41. The lowest BCUT2D eigenvalue weighted by Gasteiger charge is -2.09. The molecule has 2 rings (SSSR count). The molecule has 8 nitrogen and oxygen atoms in total. The highest BCUT2D eigenvalue weighted by atomic mass is 32.2. The van der Waals surface area contributed by atoms with E-state index in [-0.39, 0.29) is 9.79 Å². The maximum atomic E-state index is 10.9. The summed E-state index contributed by atoms with van der Waals surface area (Å²) < 4.78 is 76.3. The first-order valence-electron chi connectivity index (χ1n) is 10.5. The third kappa shape index (κ3) is 9.99. The molecule has 0 heterocycles. The predicted molar refractivity (Wildman–Crippen MR) is 117 cm³/mol. The van der Waals surface area contributed by atoms with Crippen LogP contribution in [0.2, 0.25) is 0 Å². The fourth-order valence-electron chi connectivity index (χ4n) is 3.05. The Balaban J connectivity index is 1.43. The van der Waals surface area contributed by atoms with Gasteiger partial charge in [0.1, 0.15) is 31.7 Å². The highest BCUT2D eigenvalue weighted by Crippen LogP contribution is 2.17. The number of hydrogen-bond acceptors (Lipinski definition) is 8. The molecule has 0 N–H and O–H groups in total. The molecule has 0 amide bonds. The summed E-state index contributed by atoms with van der Waals surface area (Å²) in [5, 5.41) is 0. The lowest BCUT2D eigenvalue weighted by molar-refractivity contribution is 0.301. The Kier molecular flexibility index (Phi) is 10.4. The molecule has 2 aromatic carbocycles. The number of ether oxygens (including phenoxy) is 2. The molecule has 0 aromatic heterocycles. The van der Waals surface area contributed by atoms with E-state index in [2.05, 4.69) is 0 Å². The van der Waals surface area contributed by atoms with Crippen molar-refractivity contribution >= 4 is 20.2 Å². The van der Waals surface area contributed by atoms with Gasteiger partial charge in [0.2, 0.25) is 0 Å². The lowest BCUT2D eigenvalue weighted by atomic mass is 10.1. The molecule has 0 aliphatic heterocycles. The Morgan fingerprint density at radius 3 is 1.06 bits per heavy atom. The van der Waals surface area contributed by atoms with Gasteiger partial charge in [0, 0.05) is 0 Å². The first kappa shape index (κ1) is 26.1. The van der Waals surface area contributed by atoms with Crippen molar-refractivity contribution in [1.82, 2.24) is 0 Å². The van der Waals surface area contributed by atoms with Gasteiger partial charge in [-0.2, -0.15) is 0 Å². The van der Waals surface area contributed by atoms with E-state index >= 15 is 0 Å². The van der Waals surface area contributed by atoms with Gasteiger partial charge in [-0.05, 0) is 61.4 Å². The van der Waals surface area contributed by atoms with Crippen molar-refractivity contribution in [3.05, 3.63) is 48.5 Å². The van der Waals surface area contributed by atoms with Crippen LogP contribution in [-0.2, 0) is 20.2 Å². The second kappa shape index (κ2) is 12.8. The molecule has 0 aliphatic rings. The van der Waals surface area contributed by atoms with Crippen molar-refractivity contribution in [2.24, 2.45) is 0 Å². The standard InChI is InChI=1S/C22H30O8S2/c23-31(24,25)21-13-9-19(10-14-21)29-17-7-5-3-1-2-4-6-8-18-30-20-11-15-22(16-12-20)32(26,27)28/h9-16H,1-8,17-18H2,(H,23,24,25)(H,26,27,28)/p-2. The Morgan fingerprint density at radius 2 is 0.781 bits per heavy atom. The maximum absolute atomic E-state index is 10.9. The Labute approximate surface area is 190 Å². The molecule has 0 aliphatic carbocycles. The minimum atomic E-state index is -4.42. The van der Waals surface area contributed by atoms with Crippen molar-refractivity contribution < 1.29 is 35.4 Å². The van der Waals surface area contributed by atoms with E-state index in [1.165, 1.54) is 48.5 Å². The normalized spacial score (nSPS) is 11.9. The maximum Gasteiger partial charge on any atom is 0.124 e. The number of benzene rings is 2. The van der Waals surface area contributed by atoms with Gasteiger partial charge in [-0.1, -0.05) is 38.5 Å². The summed E-state index contributed by atoms with van der Waals surface area (Å²) in [7, 11) is -8.85. The van der Waals surface area contributed by atoms with Crippen LogP contribution in [0, 0.1) is 0 Å². The van der Waals surface area contributed by atoms with E-state index in [1.54, 1.807) is 0 Å². The fraction of sp³-hybridized carbons (Fsp3) is 0.455. The van der Waals surface area contributed by atoms with Crippen LogP contribution in [0.15, 0.2) is 58.3 Å². The van der Waals surface area contributed by atoms with Gasteiger partial charge in [-0.3, -0.25) is 0 Å². The first-order valence-corrected chi connectivity index (χ1v) is 13.4. The van der Waals surface area contributed by atoms with Crippen LogP contribution < -0.4 is 9.47 Å². The van der Waals surface area contributed by atoms with E-state index in [0.29, 0.717) is 24.7 Å². The van der Waals surface area contributed by atoms with Gasteiger partial charge in [0.25, 0.3) is 0 Å². The van der Waals surface area contributed by atoms with Crippen LogP contribution in [0.3, 0.4) is 0 Å². The Morgan fingerprint density at radius 1 is 0.500 bits per heavy atom. The zero-order valence-electron chi connectivity index (χ0n) is 17.8. The van der Waals surface area contributed by atoms with E-state index in [9.17, 15) is 25.9 Å². The van der Waals surface area contributed by atoms with E-state index in [0.717, 1.165) is 51.4 Å². The third-order valence-corrected chi connectivity index (χ3v) is 6.50. The molecule has 0 atom stereocenters. The lowest BCUT2D eigenvalue weighted by Crippen LogP contribution is -2.00. The Bertz CT molecular complexity index is 929. The highest BCUT2D eigenvalue weighted by Gasteiger charge is 2.02. The summed E-state index contributed by atoms with van der Waals surface area (Å²) in [4.78, 5) is -0.521. The van der Waals surface area contributed by atoms with E-state index < -0.39 is 20.2 Å². The molecule has 2 aromatic rings. The van der Waals surface area contributed by atoms with Gasteiger partial charge in [0.05, 0.1) is 23.0 Å². The molecule has 0 saturated heterocycles. The van der Waals surface area contributed by atoms with Crippen LogP contribution in [0.1, 0.15) is 51.4 Å². The first-order chi connectivity index (χ1) is 15.2. The van der Waals surface area contributed by atoms with Crippen LogP contribution in [0.4, 0.5) is 0 Å². The zero-order valence-corrected chi connectivity index (χ0v) is 19.4. The third-order valence-electron chi connectivity index (χ3n) is 4.80. The van der Waals surface area contributed by atoms with E-state index in [1.807, 2.05) is 0 Å². The van der Waals surface area contributed by atoms with Crippen molar-refractivity contribution in [2.75, 3.05) is 13.2 Å². The molecule has 32 heavy (non-hydrogen) atoms. The molecule has 0 fully saturated rings. The minimum absolute atomic E-state index is 0.261. The average Bonchev–Trinajstić information content (AvgIpc) is 2.74. The fourth-order valence-corrected chi connectivity index (χ4v) is 3.99. The molecule has 178 valence electrons. The van der Waals surface area contributed by atoms with Crippen molar-refractivity contribution in [2.45, 2.75) is 61.2 Å². The average molecular weight is 485 g/mol. The summed E-state index contributed by atoms with van der Waals surface area (Å²) in [6.45, 7) is 1.09. The molecule has 0 saturated carbocycles. The molecule has 0 bridgehead atoms. The van der Waals surface area contributed by atoms with Crippen molar-refractivity contribution in [3.8, 4) is 11.5 Å². The van der Waals surface area contributed by atoms with Gasteiger partial charge >= 0.3 is 0 Å². The second-order valence-electron chi connectivity index (χ2n) is 7.38. The monoisotopic (exact) mass is 484 g/mol.